The third-order valence-electron chi connectivity index (χ3n) is 11.2. The molecule has 6 heterocycles. The maximum atomic E-state index is 11.2. The Morgan fingerprint density at radius 1 is 0.379 bits per heavy atom. The summed E-state index contributed by atoms with van der Waals surface area (Å²) in [5.74, 6) is 1.49. The molecule has 0 atom stereocenters. The van der Waals surface area contributed by atoms with Gasteiger partial charge < -0.3 is 19.6 Å². The summed E-state index contributed by atoms with van der Waals surface area (Å²) >= 11 is 0. The number of nitrogens with zero attached hydrogens (tertiary/aromatic N) is 6. The quantitative estimate of drug-likeness (QED) is 0.201. The Bertz CT molecular complexity index is 1220. The predicted octanol–water partition coefficient (Wildman–Crippen LogP) is 8.02. The van der Waals surface area contributed by atoms with E-state index in [1.807, 2.05) is 60.5 Å². The Morgan fingerprint density at radius 3 is 1.07 bits per heavy atom. The second-order valence-electron chi connectivity index (χ2n) is 17.9. The molecule has 5 amide bonds. The van der Waals surface area contributed by atoms with Gasteiger partial charge in [0.2, 0.25) is 29.5 Å². The highest BCUT2D eigenvalue weighted by molar-refractivity contribution is 8.22. The molecule has 0 aliphatic carbocycles. The lowest BCUT2D eigenvalue weighted by Crippen LogP contribution is -2.47. The molecule has 0 aromatic carbocycles. The number of rotatable bonds is 6. The van der Waals surface area contributed by atoms with Crippen LogP contribution in [0.1, 0.15) is 173 Å². The lowest BCUT2D eigenvalue weighted by Gasteiger charge is -2.48. The summed E-state index contributed by atoms with van der Waals surface area (Å²) in [7, 11) is -2.39. The van der Waals surface area contributed by atoms with Crippen LogP contribution in [0.2, 0.25) is 0 Å². The molecule has 2 N–H and O–H groups in total. The number of imide groups is 1. The zero-order valence-corrected chi connectivity index (χ0v) is 39.7. The Balaban J connectivity index is 0.000000349. The van der Waals surface area contributed by atoms with E-state index in [4.69, 9.17) is 0 Å². The van der Waals surface area contributed by atoms with Crippen molar-refractivity contribution in [2.24, 2.45) is 0 Å². The highest BCUT2D eigenvalue weighted by Crippen LogP contribution is 2.48. The van der Waals surface area contributed by atoms with E-state index in [2.05, 4.69) is 46.4 Å². The van der Waals surface area contributed by atoms with Gasteiger partial charge in [0.15, 0.2) is 0 Å². The molecule has 6 fully saturated rings. The fourth-order valence-electron chi connectivity index (χ4n) is 7.67. The molecule has 0 bridgehead atoms. The lowest BCUT2D eigenvalue weighted by molar-refractivity contribution is -0.150. The van der Waals surface area contributed by atoms with E-state index < -0.39 is 10.8 Å². The van der Waals surface area contributed by atoms with Gasteiger partial charge in [-0.2, -0.15) is 0 Å². The molecule has 0 spiro atoms. The van der Waals surface area contributed by atoms with E-state index in [0.717, 1.165) is 83.6 Å². The van der Waals surface area contributed by atoms with Crippen molar-refractivity contribution < 1.29 is 33.1 Å². The van der Waals surface area contributed by atoms with Crippen molar-refractivity contribution in [2.75, 3.05) is 45.0 Å². The molecule has 13 nitrogen and oxygen atoms in total. The van der Waals surface area contributed by atoms with Gasteiger partial charge in [0.1, 0.15) is 0 Å². The maximum Gasteiger partial charge on any atom is 0.229 e. The first-order valence-electron chi connectivity index (χ1n) is 22.6. The fraction of sp³-hybridized carbons (Fsp3) is 0.886. The zero-order chi connectivity index (χ0) is 44.2. The average Bonchev–Trinajstić information content (AvgIpc) is 3.58. The first-order chi connectivity index (χ1) is 27.1. The number of amides is 5. The maximum absolute atomic E-state index is 11.2. The number of hydrogen-bond acceptors (Lipinski definition) is 9. The van der Waals surface area contributed by atoms with Crippen LogP contribution in [0.25, 0.3) is 0 Å². The molecule has 0 saturated carbocycles. The second-order valence-corrected chi connectivity index (χ2v) is 20.1. The van der Waals surface area contributed by atoms with Gasteiger partial charge in [0, 0.05) is 94.5 Å². The van der Waals surface area contributed by atoms with Gasteiger partial charge in [-0.25, -0.2) is 4.31 Å². The van der Waals surface area contributed by atoms with E-state index in [0.29, 0.717) is 54.4 Å². The molecule has 6 aliphatic heterocycles. The minimum atomic E-state index is -2.39. The number of likely N-dealkylation sites (tertiary alicyclic amines) is 5. The predicted molar refractivity (Wildman–Crippen MR) is 238 cm³/mol. The summed E-state index contributed by atoms with van der Waals surface area (Å²) in [5.41, 5.74) is 0. The molecule has 6 aliphatic rings. The van der Waals surface area contributed by atoms with E-state index in [1.54, 1.807) is 0 Å². The van der Waals surface area contributed by atoms with E-state index >= 15 is 0 Å². The van der Waals surface area contributed by atoms with Gasteiger partial charge in [-0.3, -0.25) is 38.0 Å². The highest BCUT2D eigenvalue weighted by atomic mass is 32.3. The summed E-state index contributed by atoms with van der Waals surface area (Å²) in [6.45, 7) is 31.0. The van der Waals surface area contributed by atoms with Crippen molar-refractivity contribution in [1.82, 2.24) is 28.8 Å². The zero-order valence-electron chi connectivity index (χ0n) is 38.8. The van der Waals surface area contributed by atoms with Crippen LogP contribution in [0.3, 0.4) is 0 Å². The standard InChI is InChI=1S/C8H13NO2.C8H15NO.C8H17N.C7H17NO2S.C7H13NO.C6H11NO/c1-6(2)9-7(10)4-3-5-8(9)11;1-7(2)9-6-4-3-5-8(9)10;1-8(2)9-6-4-3-5-7-9;1-7(2)8-5-3-4-6-11(8,9)10;1-6(2)8-5-3-4-7(8)9;1-5(2)7-4-3-6(7)8/h6H,3-5H2,1-2H3;7H,3-6H2,1-2H3;8H,3-7H2,1-2H3;7,9-10H,3-6H2,1-2H3;6H,3-5H2,1-2H3;5H,3-4H2,1-2H3. The molecule has 6 saturated heterocycles. The van der Waals surface area contributed by atoms with Crippen molar-refractivity contribution in [1.29, 1.82) is 0 Å². The van der Waals surface area contributed by atoms with E-state index in [1.165, 1.54) is 43.7 Å². The number of piperidine rings is 3. The SMILES string of the molecule is CC(C)N1C(=O)CCCC1=O.CC(C)N1CCC1=O.CC(C)N1CCCC1=O.CC(C)N1CCCCC1.CC(C)N1CCCCC1=O.CC(C)N1CCCCS1(O)O. The summed E-state index contributed by atoms with van der Waals surface area (Å²) in [4.78, 5) is 64.7. The van der Waals surface area contributed by atoms with Gasteiger partial charge in [-0.15, -0.1) is 10.8 Å². The Hall–Kier alpha value is -2.26. The molecule has 0 aromatic rings. The van der Waals surface area contributed by atoms with Gasteiger partial charge >= 0.3 is 0 Å². The van der Waals surface area contributed by atoms with Crippen LogP contribution in [0, 0.1) is 0 Å². The molecule has 0 aromatic heterocycles. The van der Waals surface area contributed by atoms with Crippen molar-refractivity contribution in [3.8, 4) is 0 Å². The normalized spacial score (nSPS) is 22.0. The molecule has 6 rings (SSSR count). The molecule has 0 radical (unpaired) electrons. The first-order valence-corrected chi connectivity index (χ1v) is 24.3. The molecule has 0 unspecified atom stereocenters. The highest BCUT2D eigenvalue weighted by Gasteiger charge is 2.29. The smallest absolute Gasteiger partial charge is 0.229 e. The molecule has 340 valence electrons. The average molecular weight is 843 g/mol. The topological polar surface area (TPSA) is 145 Å². The lowest BCUT2D eigenvalue weighted by atomic mass is 10.1. The third kappa shape index (κ3) is 19.4. The summed E-state index contributed by atoms with van der Waals surface area (Å²) in [6.07, 6.45) is 13.7. The number of carbonyl (C=O) groups excluding carboxylic acids is 5. The van der Waals surface area contributed by atoms with Crippen LogP contribution in [-0.4, -0.2) is 149 Å². The molecule has 14 heteroatoms. The van der Waals surface area contributed by atoms with Crippen molar-refractivity contribution in [3.05, 3.63) is 0 Å². The van der Waals surface area contributed by atoms with Crippen molar-refractivity contribution in [2.45, 2.75) is 209 Å². The van der Waals surface area contributed by atoms with Gasteiger partial charge in [0.05, 0.1) is 5.75 Å². The molecular weight excluding hydrogens is 757 g/mol. The second kappa shape index (κ2) is 27.6. The Morgan fingerprint density at radius 2 is 0.793 bits per heavy atom. The first kappa shape index (κ1) is 53.8. The molecule has 58 heavy (non-hydrogen) atoms. The van der Waals surface area contributed by atoms with Crippen LogP contribution < -0.4 is 0 Å². The number of hydrogen-bond donors (Lipinski definition) is 2. The van der Waals surface area contributed by atoms with Crippen LogP contribution in [0.5, 0.6) is 0 Å². The monoisotopic (exact) mass is 843 g/mol. The minimum Gasteiger partial charge on any atom is -0.340 e. The van der Waals surface area contributed by atoms with Gasteiger partial charge in [-0.05, 0) is 148 Å². The summed E-state index contributed by atoms with van der Waals surface area (Å²) < 4.78 is 21.0. The van der Waals surface area contributed by atoms with E-state index in [-0.39, 0.29) is 23.9 Å². The Kier molecular flexibility index (Phi) is 25.5. The Labute approximate surface area is 355 Å². The van der Waals surface area contributed by atoms with Gasteiger partial charge in [-0.1, -0.05) is 6.42 Å². The van der Waals surface area contributed by atoms with Crippen LogP contribution >= 0.6 is 10.8 Å². The summed E-state index contributed by atoms with van der Waals surface area (Å²) in [5, 5.41) is 0. The number of carbonyl (C=O) groups is 5. The van der Waals surface area contributed by atoms with Crippen LogP contribution in [0.15, 0.2) is 0 Å². The van der Waals surface area contributed by atoms with Crippen molar-refractivity contribution >= 4 is 40.3 Å². The van der Waals surface area contributed by atoms with Gasteiger partial charge in [0.25, 0.3) is 0 Å². The minimum absolute atomic E-state index is 0.0174. The van der Waals surface area contributed by atoms with E-state index in [9.17, 15) is 33.1 Å². The van der Waals surface area contributed by atoms with Crippen molar-refractivity contribution in [3.63, 3.8) is 0 Å². The summed E-state index contributed by atoms with van der Waals surface area (Å²) in [6, 6.07) is 2.25. The third-order valence-corrected chi connectivity index (χ3v) is 13.4. The largest absolute Gasteiger partial charge is 0.340 e. The van der Waals surface area contributed by atoms with Crippen LogP contribution in [-0.2, 0) is 24.0 Å². The number of β-lactam (4-membered cyclic amide) rings is 1. The fourth-order valence-corrected chi connectivity index (χ4v) is 9.59. The molecular formula is C44H86N6O7S. The van der Waals surface area contributed by atoms with Crippen LogP contribution in [0.4, 0.5) is 0 Å².